The highest BCUT2D eigenvalue weighted by atomic mass is 32.1. The van der Waals surface area contributed by atoms with E-state index in [9.17, 15) is 5.11 Å². The van der Waals surface area contributed by atoms with E-state index >= 15 is 0 Å². The molecule has 0 amide bonds. The minimum absolute atomic E-state index is 0.00358. The molecule has 17 heavy (non-hydrogen) atoms. The third kappa shape index (κ3) is 2.81. The highest BCUT2D eigenvalue weighted by Crippen LogP contribution is 2.20. The number of hydrogen-bond donors (Lipinski definition) is 1. The average Bonchev–Trinajstić information content (AvgIpc) is 2.74. The van der Waals surface area contributed by atoms with E-state index in [0.29, 0.717) is 0 Å². The molecule has 0 aromatic carbocycles. The van der Waals surface area contributed by atoms with Crippen molar-refractivity contribution in [3.63, 3.8) is 0 Å². The van der Waals surface area contributed by atoms with Crippen LogP contribution in [0.2, 0.25) is 0 Å². The number of anilines is 1. The Balaban J connectivity index is 2.16. The molecule has 0 saturated heterocycles. The van der Waals surface area contributed by atoms with Crippen LogP contribution < -0.4 is 4.90 Å². The predicted molar refractivity (Wildman–Crippen MR) is 69.1 cm³/mol. The molecule has 2 heterocycles. The monoisotopic (exact) mass is 249 g/mol. The number of nitrogens with zero attached hydrogens (tertiary/aromatic N) is 3. The van der Waals surface area contributed by atoms with Crippen molar-refractivity contribution in [1.82, 2.24) is 9.97 Å². The van der Waals surface area contributed by atoms with Crippen molar-refractivity contribution in [2.24, 2.45) is 0 Å². The number of pyridine rings is 1. The first-order valence-corrected chi connectivity index (χ1v) is 6.24. The lowest BCUT2D eigenvalue weighted by Crippen LogP contribution is -2.18. The number of thiazole rings is 1. The molecule has 2 aromatic heterocycles. The van der Waals surface area contributed by atoms with E-state index in [4.69, 9.17) is 0 Å². The Labute approximate surface area is 105 Å². The Hall–Kier alpha value is -1.46. The van der Waals surface area contributed by atoms with E-state index in [0.717, 1.165) is 28.5 Å². The van der Waals surface area contributed by atoms with Gasteiger partial charge in [0.25, 0.3) is 0 Å². The fraction of sp³-hybridized carbons (Fsp3) is 0.333. The summed E-state index contributed by atoms with van der Waals surface area (Å²) < 4.78 is 0. The van der Waals surface area contributed by atoms with Crippen LogP contribution in [0.4, 0.5) is 5.69 Å². The molecule has 0 bridgehead atoms. The van der Waals surface area contributed by atoms with Gasteiger partial charge in [-0.05, 0) is 13.0 Å². The van der Waals surface area contributed by atoms with Crippen molar-refractivity contribution >= 4 is 17.0 Å². The third-order valence-corrected chi connectivity index (χ3v) is 3.35. The molecule has 0 radical (unpaired) electrons. The second-order valence-electron chi connectivity index (χ2n) is 3.88. The lowest BCUT2D eigenvalue weighted by Gasteiger charge is -2.20. The topological polar surface area (TPSA) is 49.2 Å². The van der Waals surface area contributed by atoms with Gasteiger partial charge in [-0.15, -0.1) is 11.3 Å². The van der Waals surface area contributed by atoms with Gasteiger partial charge in [0.05, 0.1) is 23.9 Å². The maximum absolute atomic E-state index is 9.26. The highest BCUT2D eigenvalue weighted by Gasteiger charge is 2.08. The Morgan fingerprint density at radius 1 is 1.47 bits per heavy atom. The van der Waals surface area contributed by atoms with Crippen LogP contribution in [0.25, 0.3) is 0 Å². The van der Waals surface area contributed by atoms with E-state index in [1.54, 1.807) is 23.7 Å². The molecule has 0 aliphatic rings. The van der Waals surface area contributed by atoms with E-state index in [2.05, 4.69) is 20.2 Å². The van der Waals surface area contributed by atoms with Gasteiger partial charge in [-0.2, -0.15) is 0 Å². The van der Waals surface area contributed by atoms with E-state index < -0.39 is 0 Å². The lowest BCUT2D eigenvalue weighted by molar-refractivity contribution is 0.281. The standard InChI is InChI=1S/C12H15N3OS/c1-9-14-11(8-17-9)6-15(2)12-3-4-13-5-10(12)7-16/h3-5,8,16H,6-7H2,1-2H3. The van der Waals surface area contributed by atoms with Crippen LogP contribution in [-0.2, 0) is 13.2 Å². The Morgan fingerprint density at radius 3 is 2.94 bits per heavy atom. The van der Waals surface area contributed by atoms with Crippen molar-refractivity contribution in [3.05, 3.63) is 40.1 Å². The fourth-order valence-electron chi connectivity index (χ4n) is 1.72. The molecular formula is C12H15N3OS. The molecule has 2 aromatic rings. The average molecular weight is 249 g/mol. The number of aryl methyl sites for hydroxylation is 1. The van der Waals surface area contributed by atoms with Gasteiger partial charge in [-0.25, -0.2) is 4.98 Å². The molecule has 0 saturated carbocycles. The molecule has 0 aliphatic carbocycles. The third-order valence-electron chi connectivity index (χ3n) is 2.53. The highest BCUT2D eigenvalue weighted by molar-refractivity contribution is 7.09. The summed E-state index contributed by atoms with van der Waals surface area (Å²) in [6.07, 6.45) is 3.43. The molecule has 90 valence electrons. The molecule has 0 atom stereocenters. The number of aliphatic hydroxyl groups is 1. The van der Waals surface area contributed by atoms with E-state index in [1.807, 2.05) is 20.0 Å². The number of aromatic nitrogens is 2. The summed E-state index contributed by atoms with van der Waals surface area (Å²) in [5.74, 6) is 0. The van der Waals surface area contributed by atoms with Crippen molar-refractivity contribution in [3.8, 4) is 0 Å². The molecular weight excluding hydrogens is 234 g/mol. The Kier molecular flexibility index (Phi) is 3.71. The van der Waals surface area contributed by atoms with Gasteiger partial charge in [-0.3, -0.25) is 4.98 Å². The molecule has 0 unspecified atom stereocenters. The first-order chi connectivity index (χ1) is 8.20. The summed E-state index contributed by atoms with van der Waals surface area (Å²) in [5.41, 5.74) is 2.88. The smallest absolute Gasteiger partial charge is 0.0898 e. The molecule has 0 aliphatic heterocycles. The second-order valence-corrected chi connectivity index (χ2v) is 4.94. The first kappa shape index (κ1) is 12.0. The first-order valence-electron chi connectivity index (χ1n) is 5.36. The van der Waals surface area contributed by atoms with Crippen molar-refractivity contribution < 1.29 is 5.11 Å². The zero-order valence-electron chi connectivity index (χ0n) is 9.92. The van der Waals surface area contributed by atoms with Crippen LogP contribution in [0, 0.1) is 6.92 Å². The molecule has 4 nitrogen and oxygen atoms in total. The maximum Gasteiger partial charge on any atom is 0.0898 e. The summed E-state index contributed by atoms with van der Waals surface area (Å²) in [6.45, 7) is 2.74. The summed E-state index contributed by atoms with van der Waals surface area (Å²) in [4.78, 5) is 10.5. The SMILES string of the molecule is Cc1nc(CN(C)c2ccncc2CO)cs1. The Morgan fingerprint density at radius 2 is 2.29 bits per heavy atom. The Bertz CT molecular complexity index is 498. The molecule has 2 rings (SSSR count). The van der Waals surface area contributed by atoms with Gasteiger partial charge in [0, 0.05) is 36.1 Å². The zero-order valence-corrected chi connectivity index (χ0v) is 10.7. The van der Waals surface area contributed by atoms with Crippen LogP contribution in [0.3, 0.4) is 0 Å². The van der Waals surface area contributed by atoms with Gasteiger partial charge in [0.15, 0.2) is 0 Å². The van der Waals surface area contributed by atoms with Crippen molar-refractivity contribution in [2.75, 3.05) is 11.9 Å². The minimum Gasteiger partial charge on any atom is -0.392 e. The van der Waals surface area contributed by atoms with Gasteiger partial charge < -0.3 is 10.0 Å². The molecule has 0 fully saturated rings. The van der Waals surface area contributed by atoms with Crippen LogP contribution >= 0.6 is 11.3 Å². The van der Waals surface area contributed by atoms with Gasteiger partial charge in [0.1, 0.15) is 0 Å². The summed E-state index contributed by atoms with van der Waals surface area (Å²) >= 11 is 1.65. The lowest BCUT2D eigenvalue weighted by atomic mass is 10.2. The summed E-state index contributed by atoms with van der Waals surface area (Å²) in [6, 6.07) is 1.91. The van der Waals surface area contributed by atoms with E-state index in [1.165, 1.54) is 0 Å². The number of aliphatic hydroxyl groups excluding tert-OH is 1. The van der Waals surface area contributed by atoms with Gasteiger partial charge >= 0.3 is 0 Å². The minimum atomic E-state index is 0.00358. The molecule has 0 spiro atoms. The van der Waals surface area contributed by atoms with Crippen LogP contribution in [0.1, 0.15) is 16.3 Å². The molecule has 5 heteroatoms. The maximum atomic E-state index is 9.26. The predicted octanol–water partition coefficient (Wildman–Crippen LogP) is 1.98. The number of hydrogen-bond acceptors (Lipinski definition) is 5. The van der Waals surface area contributed by atoms with Crippen molar-refractivity contribution in [2.45, 2.75) is 20.1 Å². The van der Waals surface area contributed by atoms with Gasteiger partial charge in [0.2, 0.25) is 0 Å². The molecule has 1 N–H and O–H groups in total. The summed E-state index contributed by atoms with van der Waals surface area (Å²) in [7, 11) is 1.99. The summed E-state index contributed by atoms with van der Waals surface area (Å²) in [5, 5.41) is 12.4. The zero-order chi connectivity index (χ0) is 12.3. The largest absolute Gasteiger partial charge is 0.392 e. The van der Waals surface area contributed by atoms with Crippen LogP contribution in [0.5, 0.6) is 0 Å². The van der Waals surface area contributed by atoms with E-state index in [-0.39, 0.29) is 6.61 Å². The van der Waals surface area contributed by atoms with Crippen LogP contribution in [0.15, 0.2) is 23.8 Å². The number of rotatable bonds is 4. The fourth-order valence-corrected chi connectivity index (χ4v) is 2.33. The quantitative estimate of drug-likeness (QED) is 0.900. The normalized spacial score (nSPS) is 10.5. The second kappa shape index (κ2) is 5.25. The van der Waals surface area contributed by atoms with Crippen LogP contribution in [-0.4, -0.2) is 22.1 Å². The van der Waals surface area contributed by atoms with Gasteiger partial charge in [-0.1, -0.05) is 0 Å². The van der Waals surface area contributed by atoms with Crippen molar-refractivity contribution in [1.29, 1.82) is 0 Å².